The summed E-state index contributed by atoms with van der Waals surface area (Å²) >= 11 is 0. The van der Waals surface area contributed by atoms with Crippen molar-refractivity contribution in [3.8, 4) is 0 Å². The first-order valence-corrected chi connectivity index (χ1v) is 12.1. The number of anilines is 1. The lowest BCUT2D eigenvalue weighted by Crippen LogP contribution is -2.56. The first kappa shape index (κ1) is 24.0. The Morgan fingerprint density at radius 3 is 2.36 bits per heavy atom. The summed E-state index contributed by atoms with van der Waals surface area (Å²) in [5.41, 5.74) is -0.969. The molecule has 0 N–H and O–H groups in total. The zero-order valence-electron chi connectivity index (χ0n) is 20.8. The van der Waals surface area contributed by atoms with Crippen LogP contribution in [0.5, 0.6) is 0 Å². The largest absolute Gasteiger partial charge is 0.465 e. The molecule has 3 aliphatic heterocycles. The van der Waals surface area contributed by atoms with Crippen molar-refractivity contribution in [2.24, 2.45) is 0 Å². The maximum Gasteiger partial charge on any atom is 0.421 e. The van der Waals surface area contributed by atoms with Crippen LogP contribution in [0.3, 0.4) is 0 Å². The summed E-state index contributed by atoms with van der Waals surface area (Å²) in [7, 11) is 0. The summed E-state index contributed by atoms with van der Waals surface area (Å²) < 4.78 is 11.1. The van der Waals surface area contributed by atoms with Gasteiger partial charge in [-0.15, -0.1) is 0 Å². The first-order chi connectivity index (χ1) is 17.1. The van der Waals surface area contributed by atoms with E-state index in [1.807, 2.05) is 30.3 Å². The minimum Gasteiger partial charge on any atom is -0.465 e. The monoisotopic (exact) mass is 491 g/mol. The number of nitrogens with zero attached hydrogens (tertiary/aromatic N) is 3. The van der Waals surface area contributed by atoms with Gasteiger partial charge in [0.25, 0.3) is 5.91 Å². The maximum atomic E-state index is 14.6. The molecule has 0 aromatic heterocycles. The van der Waals surface area contributed by atoms with Gasteiger partial charge in [-0.05, 0) is 44.9 Å². The molecule has 3 amide bonds. The smallest absolute Gasteiger partial charge is 0.421 e. The number of imide groups is 1. The third-order valence-electron chi connectivity index (χ3n) is 6.84. The highest BCUT2D eigenvalue weighted by Crippen LogP contribution is 2.60. The van der Waals surface area contributed by atoms with Gasteiger partial charge in [-0.1, -0.05) is 48.5 Å². The van der Waals surface area contributed by atoms with E-state index in [1.54, 1.807) is 57.0 Å². The Balaban J connectivity index is 1.80. The van der Waals surface area contributed by atoms with Crippen molar-refractivity contribution in [2.45, 2.75) is 57.2 Å². The van der Waals surface area contributed by atoms with E-state index in [2.05, 4.69) is 0 Å². The summed E-state index contributed by atoms with van der Waals surface area (Å²) in [6.07, 6.45) is -0.624. The predicted octanol–water partition coefficient (Wildman–Crippen LogP) is 3.34. The van der Waals surface area contributed by atoms with Gasteiger partial charge in [0.15, 0.2) is 0 Å². The fourth-order valence-corrected chi connectivity index (χ4v) is 5.71. The molecule has 3 heterocycles. The van der Waals surface area contributed by atoms with E-state index >= 15 is 0 Å². The topological polar surface area (TPSA) is 96.5 Å². The van der Waals surface area contributed by atoms with Crippen LogP contribution in [0.15, 0.2) is 54.6 Å². The molecule has 2 aromatic carbocycles. The lowest BCUT2D eigenvalue weighted by Gasteiger charge is -2.34. The van der Waals surface area contributed by atoms with E-state index in [0.717, 1.165) is 4.90 Å². The molecule has 188 valence electrons. The fourth-order valence-electron chi connectivity index (χ4n) is 5.71. The Labute approximate surface area is 209 Å². The minimum atomic E-state index is -1.61. The van der Waals surface area contributed by atoms with E-state index in [4.69, 9.17) is 9.47 Å². The molecule has 2 aromatic rings. The molecule has 3 atom stereocenters. The summed E-state index contributed by atoms with van der Waals surface area (Å²) in [4.78, 5) is 55.9. The van der Waals surface area contributed by atoms with Crippen molar-refractivity contribution >= 4 is 29.6 Å². The number of fused-ring (bicyclic) bond motifs is 3. The second kappa shape index (κ2) is 8.44. The molecule has 0 saturated carbocycles. The second-order valence-electron chi connectivity index (χ2n) is 10.1. The van der Waals surface area contributed by atoms with Gasteiger partial charge in [-0.25, -0.2) is 14.7 Å². The fraction of sp³-hybridized carbons (Fsp3) is 0.407. The highest BCUT2D eigenvalue weighted by Gasteiger charge is 2.73. The molecule has 0 radical (unpaired) electrons. The predicted molar refractivity (Wildman–Crippen MR) is 130 cm³/mol. The van der Waals surface area contributed by atoms with Crippen LogP contribution in [-0.4, -0.2) is 58.7 Å². The molecule has 9 heteroatoms. The number of para-hydroxylation sites is 1. The van der Waals surface area contributed by atoms with Gasteiger partial charge in [-0.3, -0.25) is 19.4 Å². The average Bonchev–Trinajstić information content (AvgIpc) is 3.42. The van der Waals surface area contributed by atoms with Crippen LogP contribution >= 0.6 is 0 Å². The number of hydrogen-bond acceptors (Lipinski definition) is 7. The Kier molecular flexibility index (Phi) is 5.63. The number of esters is 1. The molecule has 0 unspecified atom stereocenters. The van der Waals surface area contributed by atoms with Gasteiger partial charge in [-0.2, -0.15) is 0 Å². The Morgan fingerprint density at radius 1 is 1.03 bits per heavy atom. The van der Waals surface area contributed by atoms with Gasteiger partial charge < -0.3 is 9.47 Å². The molecule has 9 nitrogen and oxygen atoms in total. The van der Waals surface area contributed by atoms with Crippen molar-refractivity contribution in [2.75, 3.05) is 18.1 Å². The SMILES string of the molecule is CCOC(=O)[C@@H]1N2CCC(=O)N2[C@@H](c2ccccc2)[C@@]12C(=O)N(C(=O)OC(C)(C)C)c1ccccc12. The molecular weight excluding hydrogens is 462 g/mol. The van der Waals surface area contributed by atoms with Crippen LogP contribution in [0, 0.1) is 0 Å². The van der Waals surface area contributed by atoms with Gasteiger partial charge in [0.1, 0.15) is 17.1 Å². The number of hydrogen-bond donors (Lipinski definition) is 0. The summed E-state index contributed by atoms with van der Waals surface area (Å²) in [5.74, 6) is -1.44. The molecule has 2 saturated heterocycles. The molecule has 0 bridgehead atoms. The van der Waals surface area contributed by atoms with Crippen molar-refractivity contribution in [1.82, 2.24) is 10.0 Å². The standard InChI is InChI=1S/C27H29N3O6/c1-5-35-23(32)22-27(21(17-11-7-6-8-12-17)30-20(31)15-16-28(22)30)18-13-9-10-14-19(18)29(24(27)33)25(34)36-26(2,3)4/h6-14,21-22H,5,15-16H2,1-4H3/t21-,22-,27+/m0/s1. The third-order valence-corrected chi connectivity index (χ3v) is 6.84. The zero-order valence-corrected chi connectivity index (χ0v) is 20.8. The number of benzene rings is 2. The third kappa shape index (κ3) is 3.33. The van der Waals surface area contributed by atoms with Crippen LogP contribution in [0.1, 0.15) is 51.3 Å². The van der Waals surface area contributed by atoms with E-state index in [-0.39, 0.29) is 25.5 Å². The number of carbonyl (C=O) groups is 4. The Hall–Kier alpha value is -3.72. The molecule has 36 heavy (non-hydrogen) atoms. The van der Waals surface area contributed by atoms with Gasteiger partial charge in [0, 0.05) is 13.0 Å². The first-order valence-electron chi connectivity index (χ1n) is 12.1. The average molecular weight is 492 g/mol. The van der Waals surface area contributed by atoms with E-state index in [0.29, 0.717) is 16.8 Å². The Bertz CT molecular complexity index is 1240. The van der Waals surface area contributed by atoms with Gasteiger partial charge in [0.05, 0.1) is 18.3 Å². The molecule has 1 spiro atoms. The number of ether oxygens (including phenoxy) is 2. The van der Waals surface area contributed by atoms with Crippen LogP contribution < -0.4 is 4.90 Å². The lowest BCUT2D eigenvalue weighted by atomic mass is 9.68. The quantitative estimate of drug-likeness (QED) is 0.608. The van der Waals surface area contributed by atoms with Crippen LogP contribution in [0.2, 0.25) is 0 Å². The van der Waals surface area contributed by atoms with Crippen LogP contribution in [0.25, 0.3) is 0 Å². The van der Waals surface area contributed by atoms with E-state index in [9.17, 15) is 19.2 Å². The number of carbonyl (C=O) groups excluding carboxylic acids is 4. The summed E-state index contributed by atoms with van der Waals surface area (Å²) in [6.45, 7) is 7.22. The molecule has 5 rings (SSSR count). The van der Waals surface area contributed by atoms with Crippen molar-refractivity contribution in [3.63, 3.8) is 0 Å². The summed E-state index contributed by atoms with van der Waals surface area (Å²) in [6, 6.07) is 14.0. The normalized spacial score (nSPS) is 25.3. The molecule has 3 aliphatic rings. The van der Waals surface area contributed by atoms with Gasteiger partial charge >= 0.3 is 12.1 Å². The van der Waals surface area contributed by atoms with E-state index in [1.165, 1.54) is 5.01 Å². The number of rotatable bonds is 3. The number of hydrazine groups is 1. The maximum absolute atomic E-state index is 14.6. The molecule has 2 fully saturated rings. The van der Waals surface area contributed by atoms with Gasteiger partial charge in [0.2, 0.25) is 5.91 Å². The molecular formula is C27H29N3O6. The van der Waals surface area contributed by atoms with Crippen LogP contribution in [-0.2, 0) is 29.3 Å². The van der Waals surface area contributed by atoms with Crippen molar-refractivity contribution in [1.29, 1.82) is 0 Å². The Morgan fingerprint density at radius 2 is 1.69 bits per heavy atom. The summed E-state index contributed by atoms with van der Waals surface area (Å²) in [5, 5.41) is 3.16. The van der Waals surface area contributed by atoms with Crippen molar-refractivity contribution in [3.05, 3.63) is 65.7 Å². The highest BCUT2D eigenvalue weighted by atomic mass is 16.6. The minimum absolute atomic E-state index is 0.106. The van der Waals surface area contributed by atoms with Crippen LogP contribution in [0.4, 0.5) is 10.5 Å². The van der Waals surface area contributed by atoms with E-state index < -0.39 is 41.1 Å². The number of amides is 3. The molecule has 0 aliphatic carbocycles. The zero-order chi connectivity index (χ0) is 25.8. The lowest BCUT2D eigenvalue weighted by molar-refractivity contribution is -0.155. The highest BCUT2D eigenvalue weighted by molar-refractivity contribution is 6.23. The second-order valence-corrected chi connectivity index (χ2v) is 10.1. The van der Waals surface area contributed by atoms with Crippen molar-refractivity contribution < 1.29 is 28.7 Å².